The van der Waals surface area contributed by atoms with E-state index in [2.05, 4.69) is 44.4 Å². The van der Waals surface area contributed by atoms with Crippen molar-refractivity contribution in [2.24, 2.45) is 7.05 Å². The first-order valence-electron chi connectivity index (χ1n) is 10.6. The fraction of sp³-hybridized carbons (Fsp3) is 0.304. The summed E-state index contributed by atoms with van der Waals surface area (Å²) in [5.41, 5.74) is 3.16. The minimum absolute atomic E-state index is 0.269. The van der Waals surface area contributed by atoms with Crippen LogP contribution in [0.5, 0.6) is 0 Å². The van der Waals surface area contributed by atoms with Crippen molar-refractivity contribution in [3.63, 3.8) is 0 Å². The van der Waals surface area contributed by atoms with Gasteiger partial charge in [-0.2, -0.15) is 5.10 Å². The smallest absolute Gasteiger partial charge is 0.257 e. The molecule has 0 spiro atoms. The fourth-order valence-electron chi connectivity index (χ4n) is 4.49. The van der Waals surface area contributed by atoms with Crippen LogP contribution in [0.3, 0.4) is 0 Å². The van der Waals surface area contributed by atoms with Crippen LogP contribution in [0.1, 0.15) is 24.2 Å². The number of nitrogens with one attached hydrogen (secondary N) is 2. The molecule has 1 amide bonds. The van der Waals surface area contributed by atoms with E-state index in [4.69, 9.17) is 0 Å². The Balaban J connectivity index is 1.50. The highest BCUT2D eigenvalue weighted by Gasteiger charge is 2.24. The summed E-state index contributed by atoms with van der Waals surface area (Å²) < 4.78 is 16.0. The fourth-order valence-corrected chi connectivity index (χ4v) is 4.49. The zero-order valence-corrected chi connectivity index (χ0v) is 18.1. The number of piperazine rings is 1. The highest BCUT2D eigenvalue weighted by atomic mass is 19.1. The second-order valence-electron chi connectivity index (χ2n) is 8.41. The van der Waals surface area contributed by atoms with Crippen molar-refractivity contribution in [1.29, 1.82) is 0 Å². The van der Waals surface area contributed by atoms with Gasteiger partial charge in [-0.3, -0.25) is 19.4 Å². The third-order valence-electron chi connectivity index (χ3n) is 5.68. The monoisotopic (exact) mass is 433 g/mol. The number of amides is 1. The van der Waals surface area contributed by atoms with E-state index in [9.17, 15) is 9.18 Å². The van der Waals surface area contributed by atoms with Crippen molar-refractivity contribution in [1.82, 2.24) is 25.1 Å². The van der Waals surface area contributed by atoms with Crippen LogP contribution < -0.4 is 15.5 Å². The molecule has 2 atom stereocenters. The largest absolute Gasteiger partial charge is 0.367 e. The van der Waals surface area contributed by atoms with E-state index in [1.54, 1.807) is 42.5 Å². The molecule has 1 aliphatic heterocycles. The van der Waals surface area contributed by atoms with Crippen molar-refractivity contribution in [3.05, 3.63) is 54.2 Å². The molecule has 0 bridgehead atoms. The van der Waals surface area contributed by atoms with Gasteiger partial charge in [-0.05, 0) is 38.1 Å². The molecule has 1 aliphatic rings. The van der Waals surface area contributed by atoms with Crippen molar-refractivity contribution >= 4 is 39.2 Å². The SMILES string of the molecule is C[C@@H]1CN(c2ccc(C(=O)Nc3cc(F)c4nn(C)cc4c3)c3nccnc23)C[C@@H](C)N1. The molecule has 0 saturated carbocycles. The highest BCUT2D eigenvalue weighted by molar-refractivity contribution is 6.13. The Hall–Kier alpha value is -3.59. The number of aromatic nitrogens is 4. The molecule has 4 aromatic rings. The number of benzene rings is 2. The van der Waals surface area contributed by atoms with Crippen LogP contribution in [-0.2, 0) is 7.05 Å². The standard InChI is InChI=1S/C23H24FN7O/c1-13-10-31(11-14(2)27-13)19-5-4-17(21-22(19)26-7-6-25-21)23(32)28-16-8-15-12-30(3)29-20(15)18(24)9-16/h4-9,12-14,27H,10-11H2,1-3H3,(H,28,32)/t13-,14-/m1/s1. The number of aryl methyl sites for hydroxylation is 1. The lowest BCUT2D eigenvalue weighted by Crippen LogP contribution is -2.54. The lowest BCUT2D eigenvalue weighted by Gasteiger charge is -2.38. The molecule has 2 N–H and O–H groups in total. The first kappa shape index (κ1) is 20.3. The molecule has 32 heavy (non-hydrogen) atoms. The van der Waals surface area contributed by atoms with Gasteiger partial charge in [0.1, 0.15) is 16.6 Å². The van der Waals surface area contributed by atoms with Gasteiger partial charge in [0.2, 0.25) is 0 Å². The van der Waals surface area contributed by atoms with Crippen LogP contribution in [0.2, 0.25) is 0 Å². The second kappa shape index (κ2) is 7.83. The van der Waals surface area contributed by atoms with E-state index >= 15 is 0 Å². The summed E-state index contributed by atoms with van der Waals surface area (Å²) >= 11 is 0. The number of carbonyl (C=O) groups is 1. The van der Waals surface area contributed by atoms with E-state index in [1.165, 1.54) is 6.07 Å². The Morgan fingerprint density at radius 3 is 2.56 bits per heavy atom. The van der Waals surface area contributed by atoms with Gasteiger partial charge in [0.05, 0.1) is 11.3 Å². The molecular weight excluding hydrogens is 409 g/mol. The van der Waals surface area contributed by atoms with Crippen molar-refractivity contribution in [2.75, 3.05) is 23.3 Å². The molecule has 9 heteroatoms. The maximum absolute atomic E-state index is 14.4. The maximum Gasteiger partial charge on any atom is 0.257 e. The highest BCUT2D eigenvalue weighted by Crippen LogP contribution is 2.29. The van der Waals surface area contributed by atoms with E-state index in [0.29, 0.717) is 39.8 Å². The average Bonchev–Trinajstić information content (AvgIpc) is 3.13. The summed E-state index contributed by atoms with van der Waals surface area (Å²) in [4.78, 5) is 24.4. The molecule has 0 radical (unpaired) electrons. The first-order chi connectivity index (χ1) is 15.4. The summed E-state index contributed by atoms with van der Waals surface area (Å²) in [6, 6.07) is 7.34. The Labute approximate surface area is 184 Å². The van der Waals surface area contributed by atoms with Gasteiger partial charge in [-0.1, -0.05) is 0 Å². The quantitative estimate of drug-likeness (QED) is 0.516. The van der Waals surface area contributed by atoms with Gasteiger partial charge in [0.15, 0.2) is 5.82 Å². The average molecular weight is 433 g/mol. The summed E-state index contributed by atoms with van der Waals surface area (Å²) in [5.74, 6) is -0.855. The Kier molecular flexibility index (Phi) is 4.97. The van der Waals surface area contributed by atoms with E-state index < -0.39 is 5.82 Å². The molecule has 0 unspecified atom stereocenters. The summed E-state index contributed by atoms with van der Waals surface area (Å²) in [7, 11) is 1.73. The molecule has 8 nitrogen and oxygen atoms in total. The Morgan fingerprint density at radius 2 is 1.81 bits per heavy atom. The van der Waals surface area contributed by atoms with Gasteiger partial charge in [0.25, 0.3) is 5.91 Å². The number of fused-ring (bicyclic) bond motifs is 2. The van der Waals surface area contributed by atoms with Crippen LogP contribution >= 0.6 is 0 Å². The first-order valence-corrected chi connectivity index (χ1v) is 10.6. The third-order valence-corrected chi connectivity index (χ3v) is 5.68. The summed E-state index contributed by atoms with van der Waals surface area (Å²) in [6.45, 7) is 5.98. The summed E-state index contributed by atoms with van der Waals surface area (Å²) in [5, 5.41) is 11.0. The molecule has 164 valence electrons. The summed E-state index contributed by atoms with van der Waals surface area (Å²) in [6.07, 6.45) is 4.92. The lowest BCUT2D eigenvalue weighted by atomic mass is 10.1. The predicted octanol–water partition coefficient (Wildman–Crippen LogP) is 3.09. The number of halogens is 1. The third kappa shape index (κ3) is 3.64. The van der Waals surface area contributed by atoms with Crippen molar-refractivity contribution in [2.45, 2.75) is 25.9 Å². The molecule has 0 aliphatic carbocycles. The van der Waals surface area contributed by atoms with Gasteiger partial charge in [0, 0.05) is 61.9 Å². The molecule has 5 rings (SSSR count). The van der Waals surface area contributed by atoms with Crippen LogP contribution in [0, 0.1) is 5.82 Å². The molecule has 2 aromatic heterocycles. The minimum Gasteiger partial charge on any atom is -0.367 e. The van der Waals surface area contributed by atoms with E-state index in [-0.39, 0.29) is 11.4 Å². The number of hydrogen-bond acceptors (Lipinski definition) is 6. The van der Waals surface area contributed by atoms with Gasteiger partial charge in [-0.25, -0.2) is 4.39 Å². The van der Waals surface area contributed by atoms with E-state index in [0.717, 1.165) is 18.8 Å². The molecule has 3 heterocycles. The normalized spacial score (nSPS) is 18.9. The molecule has 2 aromatic carbocycles. The number of carbonyl (C=O) groups excluding carboxylic acids is 1. The molecule has 1 fully saturated rings. The lowest BCUT2D eigenvalue weighted by molar-refractivity contribution is 0.102. The van der Waals surface area contributed by atoms with Crippen molar-refractivity contribution in [3.8, 4) is 0 Å². The van der Waals surface area contributed by atoms with Gasteiger partial charge >= 0.3 is 0 Å². The minimum atomic E-state index is -0.486. The van der Waals surface area contributed by atoms with Crippen molar-refractivity contribution < 1.29 is 9.18 Å². The van der Waals surface area contributed by atoms with E-state index in [1.807, 2.05) is 6.07 Å². The van der Waals surface area contributed by atoms with Crippen LogP contribution in [0.15, 0.2) is 42.9 Å². The second-order valence-corrected chi connectivity index (χ2v) is 8.41. The topological polar surface area (TPSA) is 88.0 Å². The van der Waals surface area contributed by atoms with Crippen LogP contribution in [0.4, 0.5) is 15.8 Å². The Morgan fingerprint density at radius 1 is 1.09 bits per heavy atom. The number of anilines is 2. The maximum atomic E-state index is 14.4. The van der Waals surface area contributed by atoms with Gasteiger partial charge in [-0.15, -0.1) is 0 Å². The number of hydrogen-bond donors (Lipinski definition) is 2. The number of nitrogens with zero attached hydrogens (tertiary/aromatic N) is 5. The van der Waals surface area contributed by atoms with Crippen LogP contribution in [0.25, 0.3) is 21.9 Å². The van der Waals surface area contributed by atoms with Gasteiger partial charge < -0.3 is 15.5 Å². The predicted molar refractivity (Wildman–Crippen MR) is 122 cm³/mol. The Bertz CT molecular complexity index is 1320. The zero-order chi connectivity index (χ0) is 22.4. The van der Waals surface area contributed by atoms with Crippen LogP contribution in [-0.4, -0.2) is 50.8 Å². The zero-order valence-electron chi connectivity index (χ0n) is 18.1. The molecular formula is C23H24FN7O. The molecule has 1 saturated heterocycles. The number of rotatable bonds is 3.